The fourth-order valence-corrected chi connectivity index (χ4v) is 3.55. The Hall–Kier alpha value is -0.820. The topological polar surface area (TPSA) is 12.0 Å². The second-order valence-corrected chi connectivity index (χ2v) is 5.75. The van der Waals surface area contributed by atoms with Crippen molar-refractivity contribution < 1.29 is 0 Å². The van der Waals surface area contributed by atoms with Gasteiger partial charge in [-0.1, -0.05) is 62.9 Å². The monoisotopic (exact) mass is 245 g/mol. The van der Waals surface area contributed by atoms with E-state index in [1.54, 1.807) is 0 Å². The van der Waals surface area contributed by atoms with Crippen molar-refractivity contribution in [1.29, 1.82) is 0 Å². The maximum absolute atomic E-state index is 3.53. The van der Waals surface area contributed by atoms with Gasteiger partial charge < -0.3 is 5.32 Å². The first kappa shape index (κ1) is 13.6. The number of hydrogen-bond acceptors (Lipinski definition) is 1. The molecular weight excluding hydrogens is 218 g/mol. The molecule has 1 fully saturated rings. The third kappa shape index (κ3) is 3.35. The van der Waals surface area contributed by atoms with Crippen LogP contribution in [0.15, 0.2) is 30.3 Å². The molecule has 0 radical (unpaired) electrons. The Bertz CT molecular complexity index is 325. The van der Waals surface area contributed by atoms with Crippen molar-refractivity contribution in [3.8, 4) is 0 Å². The van der Waals surface area contributed by atoms with Gasteiger partial charge in [0.2, 0.25) is 0 Å². The SMILES string of the molecule is CCCC1CCC(C(NC)c2ccccc2)CC1. The highest BCUT2D eigenvalue weighted by Gasteiger charge is 2.27. The average molecular weight is 245 g/mol. The molecule has 0 saturated heterocycles. The quantitative estimate of drug-likeness (QED) is 0.802. The van der Waals surface area contributed by atoms with E-state index in [1.165, 1.54) is 44.1 Å². The number of rotatable bonds is 5. The Labute approximate surface area is 112 Å². The van der Waals surface area contributed by atoms with Crippen LogP contribution in [-0.2, 0) is 0 Å². The van der Waals surface area contributed by atoms with Crippen LogP contribution in [-0.4, -0.2) is 7.05 Å². The lowest BCUT2D eigenvalue weighted by Crippen LogP contribution is -2.28. The smallest absolute Gasteiger partial charge is 0.0346 e. The minimum Gasteiger partial charge on any atom is -0.313 e. The molecule has 1 aromatic carbocycles. The molecule has 0 spiro atoms. The molecule has 0 bridgehead atoms. The fourth-order valence-electron chi connectivity index (χ4n) is 3.55. The standard InChI is InChI=1S/C17H27N/c1-3-7-14-10-12-16(13-11-14)17(18-2)15-8-5-4-6-9-15/h4-6,8-9,14,16-18H,3,7,10-13H2,1-2H3. The summed E-state index contributed by atoms with van der Waals surface area (Å²) in [5.41, 5.74) is 1.46. The molecule has 1 aliphatic carbocycles. The Balaban J connectivity index is 1.95. The molecule has 0 heterocycles. The van der Waals surface area contributed by atoms with Gasteiger partial charge in [-0.05, 0) is 37.3 Å². The maximum Gasteiger partial charge on any atom is 0.0346 e. The molecule has 1 N–H and O–H groups in total. The molecule has 0 amide bonds. The first-order valence-corrected chi connectivity index (χ1v) is 7.57. The van der Waals surface area contributed by atoms with Crippen molar-refractivity contribution in [2.45, 2.75) is 51.5 Å². The van der Waals surface area contributed by atoms with E-state index >= 15 is 0 Å². The van der Waals surface area contributed by atoms with Crippen LogP contribution in [0.2, 0.25) is 0 Å². The van der Waals surface area contributed by atoms with E-state index < -0.39 is 0 Å². The zero-order chi connectivity index (χ0) is 12.8. The molecule has 2 rings (SSSR count). The van der Waals surface area contributed by atoms with Crippen LogP contribution in [0, 0.1) is 11.8 Å². The Kier molecular flexibility index (Phi) is 5.25. The van der Waals surface area contributed by atoms with Crippen molar-refractivity contribution in [2.24, 2.45) is 11.8 Å². The molecule has 1 nitrogen and oxygen atoms in total. The lowest BCUT2D eigenvalue weighted by Gasteiger charge is -2.34. The average Bonchev–Trinajstić information content (AvgIpc) is 2.43. The van der Waals surface area contributed by atoms with Gasteiger partial charge in [0.1, 0.15) is 0 Å². The Morgan fingerprint density at radius 1 is 1.11 bits per heavy atom. The van der Waals surface area contributed by atoms with E-state index in [1.807, 2.05) is 0 Å². The van der Waals surface area contributed by atoms with Gasteiger partial charge in [0.25, 0.3) is 0 Å². The zero-order valence-corrected chi connectivity index (χ0v) is 11.9. The third-order valence-electron chi connectivity index (χ3n) is 4.53. The van der Waals surface area contributed by atoms with Gasteiger partial charge in [0, 0.05) is 6.04 Å². The normalized spacial score (nSPS) is 25.9. The Morgan fingerprint density at radius 3 is 2.33 bits per heavy atom. The maximum atomic E-state index is 3.53. The Morgan fingerprint density at radius 2 is 1.78 bits per heavy atom. The summed E-state index contributed by atoms with van der Waals surface area (Å²) in [6, 6.07) is 11.5. The summed E-state index contributed by atoms with van der Waals surface area (Å²) in [6.07, 6.45) is 8.44. The van der Waals surface area contributed by atoms with Gasteiger partial charge in [0.05, 0.1) is 0 Å². The minimum atomic E-state index is 0.550. The molecule has 1 aromatic rings. The van der Waals surface area contributed by atoms with Crippen molar-refractivity contribution >= 4 is 0 Å². The van der Waals surface area contributed by atoms with Crippen LogP contribution in [0.4, 0.5) is 0 Å². The second-order valence-electron chi connectivity index (χ2n) is 5.75. The van der Waals surface area contributed by atoms with E-state index in [4.69, 9.17) is 0 Å². The molecule has 1 saturated carbocycles. The van der Waals surface area contributed by atoms with E-state index in [0.717, 1.165) is 11.8 Å². The summed E-state index contributed by atoms with van der Waals surface area (Å²) in [6.45, 7) is 2.31. The number of hydrogen-bond donors (Lipinski definition) is 1. The van der Waals surface area contributed by atoms with E-state index in [0.29, 0.717) is 6.04 Å². The zero-order valence-electron chi connectivity index (χ0n) is 11.9. The third-order valence-corrected chi connectivity index (χ3v) is 4.53. The molecule has 1 aliphatic rings. The molecule has 18 heavy (non-hydrogen) atoms. The summed E-state index contributed by atoms with van der Waals surface area (Å²) in [5.74, 6) is 1.82. The number of nitrogens with one attached hydrogen (secondary N) is 1. The van der Waals surface area contributed by atoms with E-state index in [9.17, 15) is 0 Å². The highest BCUT2D eigenvalue weighted by molar-refractivity contribution is 5.19. The summed E-state index contributed by atoms with van der Waals surface area (Å²) in [7, 11) is 2.11. The predicted molar refractivity (Wildman–Crippen MR) is 78.6 cm³/mol. The molecular formula is C17H27N. The molecule has 100 valence electrons. The number of benzene rings is 1. The van der Waals surface area contributed by atoms with Crippen molar-refractivity contribution in [2.75, 3.05) is 7.05 Å². The molecule has 1 atom stereocenters. The highest BCUT2D eigenvalue weighted by Crippen LogP contribution is 2.38. The van der Waals surface area contributed by atoms with Crippen molar-refractivity contribution in [1.82, 2.24) is 5.32 Å². The first-order chi connectivity index (χ1) is 8.85. The molecule has 0 aliphatic heterocycles. The summed E-state index contributed by atoms with van der Waals surface area (Å²) in [4.78, 5) is 0. The van der Waals surface area contributed by atoms with Crippen molar-refractivity contribution in [3.05, 3.63) is 35.9 Å². The predicted octanol–water partition coefficient (Wildman–Crippen LogP) is 4.55. The van der Waals surface area contributed by atoms with Crippen LogP contribution in [0.3, 0.4) is 0 Å². The summed E-state index contributed by atoms with van der Waals surface area (Å²) < 4.78 is 0. The largest absolute Gasteiger partial charge is 0.313 e. The first-order valence-electron chi connectivity index (χ1n) is 7.57. The fraction of sp³-hybridized carbons (Fsp3) is 0.647. The van der Waals surface area contributed by atoms with Crippen LogP contribution < -0.4 is 5.32 Å². The van der Waals surface area contributed by atoms with Gasteiger partial charge in [-0.25, -0.2) is 0 Å². The summed E-state index contributed by atoms with van der Waals surface area (Å²) >= 11 is 0. The molecule has 1 heteroatoms. The second kappa shape index (κ2) is 6.94. The van der Waals surface area contributed by atoms with Crippen LogP contribution in [0.25, 0.3) is 0 Å². The van der Waals surface area contributed by atoms with Crippen LogP contribution >= 0.6 is 0 Å². The van der Waals surface area contributed by atoms with Crippen molar-refractivity contribution in [3.63, 3.8) is 0 Å². The van der Waals surface area contributed by atoms with Crippen LogP contribution in [0.1, 0.15) is 57.1 Å². The summed E-state index contributed by atoms with van der Waals surface area (Å²) in [5, 5.41) is 3.53. The lowest BCUT2D eigenvalue weighted by molar-refractivity contribution is 0.219. The van der Waals surface area contributed by atoms with E-state index in [-0.39, 0.29) is 0 Å². The lowest BCUT2D eigenvalue weighted by atomic mass is 9.75. The highest BCUT2D eigenvalue weighted by atomic mass is 14.9. The van der Waals surface area contributed by atoms with E-state index in [2.05, 4.69) is 49.6 Å². The van der Waals surface area contributed by atoms with Gasteiger partial charge in [-0.3, -0.25) is 0 Å². The van der Waals surface area contributed by atoms with Crippen LogP contribution in [0.5, 0.6) is 0 Å². The minimum absolute atomic E-state index is 0.550. The van der Waals surface area contributed by atoms with Gasteiger partial charge in [-0.15, -0.1) is 0 Å². The molecule has 1 unspecified atom stereocenters. The molecule has 0 aromatic heterocycles. The van der Waals surface area contributed by atoms with Gasteiger partial charge in [0.15, 0.2) is 0 Å². The van der Waals surface area contributed by atoms with Gasteiger partial charge >= 0.3 is 0 Å². The van der Waals surface area contributed by atoms with Gasteiger partial charge in [-0.2, -0.15) is 0 Å².